The lowest BCUT2D eigenvalue weighted by molar-refractivity contribution is -0.122. The Labute approximate surface area is 68.0 Å². The first kappa shape index (κ1) is 10.3. The fraction of sp³-hybridized carbons (Fsp3) is 0.778. The van der Waals surface area contributed by atoms with E-state index in [4.69, 9.17) is 0 Å². The summed E-state index contributed by atoms with van der Waals surface area (Å²) >= 11 is 0. The first-order chi connectivity index (χ1) is 4.87. The van der Waals surface area contributed by atoms with Gasteiger partial charge in [0.05, 0.1) is 0 Å². The molecule has 0 amide bonds. The predicted octanol–water partition coefficient (Wildman–Crippen LogP) is 1.83. The quantitative estimate of drug-likeness (QED) is 0.582. The van der Waals surface area contributed by atoms with Gasteiger partial charge in [0.1, 0.15) is 12.6 Å². The molecule has 11 heavy (non-hydrogen) atoms. The molecule has 64 valence electrons. The lowest BCUT2D eigenvalue weighted by atomic mass is 9.67. The Hall–Kier alpha value is -0.660. The summed E-state index contributed by atoms with van der Waals surface area (Å²) in [6.07, 6.45) is 2.21. The van der Waals surface area contributed by atoms with E-state index >= 15 is 0 Å². The number of rotatable bonds is 4. The van der Waals surface area contributed by atoms with Crippen LogP contribution in [-0.4, -0.2) is 12.6 Å². The summed E-state index contributed by atoms with van der Waals surface area (Å²) < 4.78 is 0. The maximum atomic E-state index is 10.6. The van der Waals surface area contributed by atoms with Gasteiger partial charge in [-0.05, 0) is 5.41 Å². The third kappa shape index (κ3) is 2.14. The fourth-order valence-corrected chi connectivity index (χ4v) is 0.631. The molecule has 0 aromatic heterocycles. The molecule has 0 heterocycles. The Morgan fingerprint density at radius 2 is 1.55 bits per heavy atom. The molecule has 0 saturated heterocycles. The smallest absolute Gasteiger partial charge is 0.126 e. The summed E-state index contributed by atoms with van der Waals surface area (Å²) in [6.45, 7) is 7.55. The minimum absolute atomic E-state index is 0.240. The highest BCUT2D eigenvalue weighted by Gasteiger charge is 2.36. The van der Waals surface area contributed by atoms with Crippen molar-refractivity contribution in [2.75, 3.05) is 0 Å². The van der Waals surface area contributed by atoms with Crippen LogP contribution in [0.4, 0.5) is 0 Å². The van der Waals surface area contributed by atoms with Crippen LogP contribution in [0, 0.1) is 10.8 Å². The van der Waals surface area contributed by atoms with Gasteiger partial charge in [-0.3, -0.25) is 0 Å². The van der Waals surface area contributed by atoms with E-state index in [9.17, 15) is 9.59 Å². The zero-order valence-electron chi connectivity index (χ0n) is 7.68. The lowest BCUT2D eigenvalue weighted by Gasteiger charge is -2.35. The number of aldehydes is 2. The van der Waals surface area contributed by atoms with Crippen molar-refractivity contribution in [3.8, 4) is 0 Å². The molecule has 0 atom stereocenters. The Morgan fingerprint density at radius 1 is 1.09 bits per heavy atom. The number of carbonyl (C=O) groups excluding carboxylic acids is 2. The molecule has 2 heteroatoms. The summed E-state index contributed by atoms with van der Waals surface area (Å²) in [7, 11) is 0. The van der Waals surface area contributed by atoms with Crippen molar-refractivity contribution >= 4 is 12.6 Å². The third-order valence-electron chi connectivity index (χ3n) is 2.63. The van der Waals surface area contributed by atoms with E-state index in [2.05, 4.69) is 0 Å². The van der Waals surface area contributed by atoms with Crippen LogP contribution in [0.1, 0.15) is 34.1 Å². The van der Waals surface area contributed by atoms with Crippen molar-refractivity contribution in [2.24, 2.45) is 10.8 Å². The number of hydrogen-bond donors (Lipinski definition) is 0. The van der Waals surface area contributed by atoms with Gasteiger partial charge in [0.2, 0.25) is 0 Å². The molecule has 0 saturated carbocycles. The van der Waals surface area contributed by atoms with E-state index in [0.29, 0.717) is 6.42 Å². The maximum Gasteiger partial charge on any atom is 0.126 e. The van der Waals surface area contributed by atoms with Gasteiger partial charge in [-0.2, -0.15) is 0 Å². The molecular formula is C9H16O2. The van der Waals surface area contributed by atoms with Crippen LogP contribution in [0.3, 0.4) is 0 Å². The average molecular weight is 156 g/mol. The molecule has 0 spiro atoms. The molecular weight excluding hydrogens is 140 g/mol. The maximum absolute atomic E-state index is 10.6. The Balaban J connectivity index is 4.50. The van der Waals surface area contributed by atoms with Gasteiger partial charge in [0.25, 0.3) is 0 Å². The fourth-order valence-electron chi connectivity index (χ4n) is 0.631. The SMILES string of the molecule is CC(C)(C=O)C(C)(C)CC=O. The van der Waals surface area contributed by atoms with Gasteiger partial charge < -0.3 is 9.59 Å². The molecule has 0 fully saturated rings. The number of carbonyl (C=O) groups is 2. The molecule has 0 aliphatic heterocycles. The van der Waals surface area contributed by atoms with Crippen molar-refractivity contribution in [3.63, 3.8) is 0 Å². The van der Waals surface area contributed by atoms with Crippen LogP contribution in [0.15, 0.2) is 0 Å². The van der Waals surface area contributed by atoms with Crippen molar-refractivity contribution in [1.29, 1.82) is 0 Å². The van der Waals surface area contributed by atoms with Crippen LogP contribution >= 0.6 is 0 Å². The molecule has 0 aromatic rings. The predicted molar refractivity (Wildman–Crippen MR) is 44.3 cm³/mol. The first-order valence-electron chi connectivity index (χ1n) is 3.77. The molecule has 0 N–H and O–H groups in total. The molecule has 2 nitrogen and oxygen atoms in total. The minimum Gasteiger partial charge on any atom is -0.303 e. The summed E-state index contributed by atoms with van der Waals surface area (Å²) in [5.74, 6) is 0. The summed E-state index contributed by atoms with van der Waals surface area (Å²) in [5, 5.41) is 0. The van der Waals surface area contributed by atoms with Crippen molar-refractivity contribution in [1.82, 2.24) is 0 Å². The third-order valence-corrected chi connectivity index (χ3v) is 2.63. The van der Waals surface area contributed by atoms with Crippen molar-refractivity contribution in [3.05, 3.63) is 0 Å². The number of hydrogen-bond acceptors (Lipinski definition) is 2. The first-order valence-corrected chi connectivity index (χ1v) is 3.77. The zero-order valence-corrected chi connectivity index (χ0v) is 7.68. The van der Waals surface area contributed by atoms with Crippen LogP contribution in [0.2, 0.25) is 0 Å². The van der Waals surface area contributed by atoms with Crippen LogP contribution in [0.5, 0.6) is 0 Å². The monoisotopic (exact) mass is 156 g/mol. The van der Waals surface area contributed by atoms with E-state index in [-0.39, 0.29) is 5.41 Å². The molecule has 0 aliphatic rings. The molecule has 0 aliphatic carbocycles. The average Bonchev–Trinajstić information content (AvgIpc) is 1.87. The van der Waals surface area contributed by atoms with E-state index in [1.165, 1.54) is 0 Å². The van der Waals surface area contributed by atoms with Gasteiger partial charge in [-0.15, -0.1) is 0 Å². The van der Waals surface area contributed by atoms with Gasteiger partial charge in [-0.1, -0.05) is 27.7 Å². The van der Waals surface area contributed by atoms with E-state index < -0.39 is 5.41 Å². The lowest BCUT2D eigenvalue weighted by Crippen LogP contribution is -2.34. The van der Waals surface area contributed by atoms with Gasteiger partial charge >= 0.3 is 0 Å². The summed E-state index contributed by atoms with van der Waals surface area (Å²) in [6, 6.07) is 0. The second kappa shape index (κ2) is 3.16. The summed E-state index contributed by atoms with van der Waals surface area (Å²) in [5.41, 5.74) is -0.662. The molecule has 0 radical (unpaired) electrons. The highest BCUT2D eigenvalue weighted by Crippen LogP contribution is 2.38. The Kier molecular flexibility index (Phi) is 2.97. The van der Waals surface area contributed by atoms with Gasteiger partial charge in [0, 0.05) is 11.8 Å². The zero-order chi connectivity index (χ0) is 9.12. The molecule has 0 bridgehead atoms. The van der Waals surface area contributed by atoms with Crippen molar-refractivity contribution in [2.45, 2.75) is 34.1 Å². The Bertz CT molecular complexity index is 157. The Morgan fingerprint density at radius 3 is 1.82 bits per heavy atom. The van der Waals surface area contributed by atoms with E-state index in [1.54, 1.807) is 0 Å². The van der Waals surface area contributed by atoms with E-state index in [1.807, 2.05) is 27.7 Å². The second-order valence-corrected chi connectivity index (χ2v) is 4.09. The second-order valence-electron chi connectivity index (χ2n) is 4.09. The van der Waals surface area contributed by atoms with Crippen LogP contribution < -0.4 is 0 Å². The van der Waals surface area contributed by atoms with Crippen LogP contribution in [0.25, 0.3) is 0 Å². The normalized spacial score (nSPS) is 12.7. The van der Waals surface area contributed by atoms with Crippen molar-refractivity contribution < 1.29 is 9.59 Å². The largest absolute Gasteiger partial charge is 0.303 e. The standard InChI is InChI=1S/C9H16O2/c1-8(2,5-6-10)9(3,4)7-11/h6-7H,5H2,1-4H3. The summed E-state index contributed by atoms with van der Waals surface area (Å²) in [4.78, 5) is 20.9. The topological polar surface area (TPSA) is 34.1 Å². The molecule has 0 rings (SSSR count). The highest BCUT2D eigenvalue weighted by atomic mass is 16.1. The van der Waals surface area contributed by atoms with E-state index in [0.717, 1.165) is 12.6 Å². The minimum atomic E-state index is -0.423. The highest BCUT2D eigenvalue weighted by molar-refractivity contribution is 5.62. The molecule has 0 aromatic carbocycles. The van der Waals surface area contributed by atoms with Gasteiger partial charge in [0.15, 0.2) is 0 Å². The van der Waals surface area contributed by atoms with Crippen LogP contribution in [-0.2, 0) is 9.59 Å². The van der Waals surface area contributed by atoms with Gasteiger partial charge in [-0.25, -0.2) is 0 Å². The molecule has 0 unspecified atom stereocenters.